The van der Waals surface area contributed by atoms with E-state index in [1.54, 1.807) is 11.8 Å². The second kappa shape index (κ2) is 5.55. The number of aromatic nitrogens is 1. The number of hydrogen-bond acceptors (Lipinski definition) is 3. The van der Waals surface area contributed by atoms with E-state index in [1.807, 2.05) is 0 Å². The number of nitriles is 1. The van der Waals surface area contributed by atoms with E-state index >= 15 is 0 Å². The molecule has 0 N–H and O–H groups in total. The second-order valence-corrected chi connectivity index (χ2v) is 5.84. The molecule has 0 amide bonds. The highest BCUT2D eigenvalue weighted by Gasteiger charge is 2.19. The van der Waals surface area contributed by atoms with Gasteiger partial charge in [-0.15, -0.1) is 11.8 Å². The summed E-state index contributed by atoms with van der Waals surface area (Å²) in [5, 5.41) is 10.1. The average Bonchev–Trinajstić information content (AvgIpc) is 2.35. The molecule has 0 fully saturated rings. The van der Waals surface area contributed by atoms with Crippen molar-refractivity contribution in [2.24, 2.45) is 5.92 Å². The van der Waals surface area contributed by atoms with E-state index in [2.05, 4.69) is 26.0 Å². The van der Waals surface area contributed by atoms with Crippen molar-refractivity contribution in [1.82, 2.24) is 4.98 Å². The zero-order valence-corrected chi connectivity index (χ0v) is 11.3. The molecule has 2 rings (SSSR count). The summed E-state index contributed by atoms with van der Waals surface area (Å²) in [5.74, 6) is 1.77. The Hall–Kier alpha value is -1.01. The molecule has 1 aliphatic rings. The minimum atomic E-state index is 0.727. The van der Waals surface area contributed by atoms with Gasteiger partial charge in [-0.2, -0.15) is 5.26 Å². The van der Waals surface area contributed by atoms with Gasteiger partial charge in [0.2, 0.25) is 0 Å². The van der Waals surface area contributed by atoms with Gasteiger partial charge >= 0.3 is 0 Å². The van der Waals surface area contributed by atoms with Gasteiger partial charge in [-0.1, -0.05) is 13.8 Å². The van der Waals surface area contributed by atoms with Crippen molar-refractivity contribution in [1.29, 1.82) is 5.26 Å². The summed E-state index contributed by atoms with van der Waals surface area (Å²) in [6.45, 7) is 4.42. The zero-order valence-electron chi connectivity index (χ0n) is 10.5. The number of aryl methyl sites for hydroxylation is 1. The first kappa shape index (κ1) is 12.4. The van der Waals surface area contributed by atoms with Crippen LogP contribution in [0.5, 0.6) is 0 Å². The van der Waals surface area contributed by atoms with Crippen molar-refractivity contribution in [3.63, 3.8) is 0 Å². The summed E-state index contributed by atoms with van der Waals surface area (Å²) in [6, 6.07) is 4.35. The fourth-order valence-corrected chi connectivity index (χ4v) is 3.05. The Morgan fingerprint density at radius 2 is 2.41 bits per heavy atom. The molecule has 90 valence electrons. The Morgan fingerprint density at radius 1 is 1.59 bits per heavy atom. The molecule has 1 aromatic heterocycles. The van der Waals surface area contributed by atoms with Crippen LogP contribution in [0.2, 0.25) is 0 Å². The standard InChI is InChI=1S/C14H18N2S/c1-3-6-17-14-12(9-15)8-11-7-10(2)4-5-13(11)16-14/h8,10H,3-7H2,1-2H3. The number of rotatable bonds is 3. The van der Waals surface area contributed by atoms with E-state index in [1.165, 1.54) is 17.7 Å². The predicted molar refractivity (Wildman–Crippen MR) is 71.2 cm³/mol. The van der Waals surface area contributed by atoms with Gasteiger partial charge < -0.3 is 0 Å². The fraction of sp³-hybridized carbons (Fsp3) is 0.571. The molecule has 1 aliphatic carbocycles. The lowest BCUT2D eigenvalue weighted by molar-refractivity contribution is 0.491. The van der Waals surface area contributed by atoms with Crippen molar-refractivity contribution in [3.8, 4) is 6.07 Å². The fourth-order valence-electron chi connectivity index (χ4n) is 2.22. The molecule has 1 aromatic rings. The number of pyridine rings is 1. The van der Waals surface area contributed by atoms with Gasteiger partial charge in [0.25, 0.3) is 0 Å². The molecule has 0 radical (unpaired) electrons. The molecule has 3 heteroatoms. The SMILES string of the molecule is CCCSc1nc2c(cc1C#N)CC(C)CC2. The zero-order chi connectivity index (χ0) is 12.3. The van der Waals surface area contributed by atoms with Crippen molar-refractivity contribution >= 4 is 11.8 Å². The van der Waals surface area contributed by atoms with E-state index in [9.17, 15) is 5.26 Å². The number of nitrogens with zero attached hydrogens (tertiary/aromatic N) is 2. The molecule has 0 saturated carbocycles. The summed E-state index contributed by atoms with van der Waals surface area (Å²) < 4.78 is 0. The molecule has 0 spiro atoms. The van der Waals surface area contributed by atoms with Crippen LogP contribution in [-0.2, 0) is 12.8 Å². The van der Waals surface area contributed by atoms with Crippen molar-refractivity contribution in [2.75, 3.05) is 5.75 Å². The summed E-state index contributed by atoms with van der Waals surface area (Å²) in [7, 11) is 0. The number of hydrogen-bond donors (Lipinski definition) is 0. The van der Waals surface area contributed by atoms with Crippen LogP contribution in [0.4, 0.5) is 0 Å². The Bertz CT molecular complexity index is 448. The van der Waals surface area contributed by atoms with Gasteiger partial charge in [0.1, 0.15) is 11.1 Å². The molecule has 1 atom stereocenters. The van der Waals surface area contributed by atoms with Gasteiger partial charge in [0, 0.05) is 5.69 Å². The van der Waals surface area contributed by atoms with Crippen LogP contribution in [0.25, 0.3) is 0 Å². The van der Waals surface area contributed by atoms with E-state index in [4.69, 9.17) is 4.98 Å². The summed E-state index contributed by atoms with van der Waals surface area (Å²) in [4.78, 5) is 4.70. The quantitative estimate of drug-likeness (QED) is 0.765. The summed E-state index contributed by atoms with van der Waals surface area (Å²) in [5.41, 5.74) is 3.28. The Balaban J connectivity index is 2.32. The molecule has 0 aromatic carbocycles. The first-order valence-electron chi connectivity index (χ1n) is 6.30. The summed E-state index contributed by atoms with van der Waals surface area (Å²) in [6.07, 6.45) is 4.49. The number of fused-ring (bicyclic) bond motifs is 1. The average molecular weight is 246 g/mol. The second-order valence-electron chi connectivity index (χ2n) is 4.76. The maximum Gasteiger partial charge on any atom is 0.114 e. The molecule has 1 unspecified atom stereocenters. The van der Waals surface area contributed by atoms with Gasteiger partial charge in [-0.05, 0) is 49.0 Å². The minimum Gasteiger partial charge on any atom is -0.245 e. The monoisotopic (exact) mass is 246 g/mol. The molecule has 0 bridgehead atoms. The maximum atomic E-state index is 9.18. The van der Waals surface area contributed by atoms with Gasteiger partial charge in [0.15, 0.2) is 0 Å². The van der Waals surface area contributed by atoms with Crippen LogP contribution in [0, 0.1) is 17.2 Å². The highest BCUT2D eigenvalue weighted by Crippen LogP contribution is 2.29. The lowest BCUT2D eigenvalue weighted by Crippen LogP contribution is -2.14. The molecule has 17 heavy (non-hydrogen) atoms. The normalized spacial score (nSPS) is 18.5. The van der Waals surface area contributed by atoms with E-state index < -0.39 is 0 Å². The first-order chi connectivity index (χ1) is 8.24. The van der Waals surface area contributed by atoms with Gasteiger partial charge in [-0.3, -0.25) is 0 Å². The largest absolute Gasteiger partial charge is 0.245 e. The Labute approximate surface area is 107 Å². The van der Waals surface area contributed by atoms with Crippen LogP contribution in [0.15, 0.2) is 11.1 Å². The van der Waals surface area contributed by atoms with Crippen LogP contribution < -0.4 is 0 Å². The number of thioether (sulfide) groups is 1. The van der Waals surface area contributed by atoms with Crippen LogP contribution >= 0.6 is 11.8 Å². The lowest BCUT2D eigenvalue weighted by atomic mass is 9.87. The van der Waals surface area contributed by atoms with Crippen molar-refractivity contribution < 1.29 is 0 Å². The highest BCUT2D eigenvalue weighted by atomic mass is 32.2. The van der Waals surface area contributed by atoms with E-state index in [-0.39, 0.29) is 0 Å². The molecule has 0 aliphatic heterocycles. The van der Waals surface area contributed by atoms with Crippen molar-refractivity contribution in [3.05, 3.63) is 22.9 Å². The van der Waals surface area contributed by atoms with E-state index in [0.29, 0.717) is 0 Å². The smallest absolute Gasteiger partial charge is 0.114 e. The first-order valence-corrected chi connectivity index (χ1v) is 7.28. The lowest BCUT2D eigenvalue weighted by Gasteiger charge is -2.21. The third kappa shape index (κ3) is 2.81. The minimum absolute atomic E-state index is 0.727. The van der Waals surface area contributed by atoms with E-state index in [0.717, 1.165) is 41.5 Å². The van der Waals surface area contributed by atoms with Crippen LogP contribution in [0.1, 0.15) is 43.5 Å². The van der Waals surface area contributed by atoms with Gasteiger partial charge in [0.05, 0.1) is 5.56 Å². The predicted octanol–water partition coefficient (Wildman–Crippen LogP) is 3.58. The van der Waals surface area contributed by atoms with Crippen LogP contribution in [0.3, 0.4) is 0 Å². The third-order valence-electron chi connectivity index (χ3n) is 3.16. The molecule has 2 nitrogen and oxygen atoms in total. The van der Waals surface area contributed by atoms with Crippen molar-refractivity contribution in [2.45, 2.75) is 44.6 Å². The molecule has 1 heterocycles. The Morgan fingerprint density at radius 3 is 3.12 bits per heavy atom. The van der Waals surface area contributed by atoms with Crippen LogP contribution in [-0.4, -0.2) is 10.7 Å². The topological polar surface area (TPSA) is 36.7 Å². The maximum absolute atomic E-state index is 9.18. The highest BCUT2D eigenvalue weighted by molar-refractivity contribution is 7.99. The Kier molecular flexibility index (Phi) is 4.06. The molecule has 0 saturated heterocycles. The third-order valence-corrected chi connectivity index (χ3v) is 4.36. The molecular formula is C14H18N2S. The molecular weight excluding hydrogens is 228 g/mol. The van der Waals surface area contributed by atoms with Gasteiger partial charge in [-0.25, -0.2) is 4.98 Å². The summed E-state index contributed by atoms with van der Waals surface area (Å²) >= 11 is 1.71.